The van der Waals surface area contributed by atoms with E-state index in [0.29, 0.717) is 11.4 Å². The summed E-state index contributed by atoms with van der Waals surface area (Å²) in [4.78, 5) is 28.3. The lowest BCUT2D eigenvalue weighted by Gasteiger charge is -2.23. The Labute approximate surface area is 155 Å². The molecule has 1 aliphatic rings. The molecule has 0 aliphatic carbocycles. The van der Waals surface area contributed by atoms with Crippen LogP contribution in [0, 0.1) is 0 Å². The minimum atomic E-state index is -3.13. The maximum atomic E-state index is 12.1. The van der Waals surface area contributed by atoms with Gasteiger partial charge in [0, 0.05) is 10.9 Å². The van der Waals surface area contributed by atoms with Crippen molar-refractivity contribution in [1.29, 1.82) is 0 Å². The van der Waals surface area contributed by atoms with Crippen LogP contribution in [0.2, 0.25) is 0 Å². The van der Waals surface area contributed by atoms with Crippen LogP contribution in [-0.2, 0) is 19.4 Å². The van der Waals surface area contributed by atoms with Gasteiger partial charge in [-0.15, -0.1) is 11.3 Å². The topological polar surface area (TPSA) is 102 Å². The van der Waals surface area contributed by atoms with Crippen molar-refractivity contribution in [1.82, 2.24) is 10.3 Å². The Kier molecular flexibility index (Phi) is 5.10. The first-order valence-corrected chi connectivity index (χ1v) is 10.7. The van der Waals surface area contributed by atoms with E-state index in [9.17, 15) is 18.0 Å². The molecule has 9 heteroatoms. The third-order valence-corrected chi connectivity index (χ3v) is 6.81. The van der Waals surface area contributed by atoms with Crippen molar-refractivity contribution >= 4 is 33.1 Å². The van der Waals surface area contributed by atoms with Crippen LogP contribution in [0.3, 0.4) is 0 Å². The standard InChI is InChI=1S/C17H18N2O5S2/c1-17(7-8-26(22,23)11-17)19-14(20)9-24-16(21)13-10-25-15(18-13)12-5-3-2-4-6-12/h2-6,10H,7-9,11H2,1H3,(H,19,20)/t17-/m1/s1. The van der Waals surface area contributed by atoms with Crippen molar-refractivity contribution in [3.05, 3.63) is 41.4 Å². The number of thiazole rings is 1. The van der Waals surface area contributed by atoms with E-state index in [1.807, 2.05) is 30.3 Å². The Balaban J connectivity index is 1.54. The molecule has 0 bridgehead atoms. The van der Waals surface area contributed by atoms with Gasteiger partial charge in [-0.05, 0) is 13.3 Å². The summed E-state index contributed by atoms with van der Waals surface area (Å²) < 4.78 is 28.1. The summed E-state index contributed by atoms with van der Waals surface area (Å²) in [7, 11) is -3.13. The first-order valence-electron chi connectivity index (χ1n) is 7.96. The zero-order chi connectivity index (χ0) is 18.8. The highest BCUT2D eigenvalue weighted by molar-refractivity contribution is 7.91. The van der Waals surface area contributed by atoms with Gasteiger partial charge in [0.25, 0.3) is 5.91 Å². The molecule has 2 aromatic rings. The average Bonchev–Trinajstić information content (AvgIpc) is 3.18. The quantitative estimate of drug-likeness (QED) is 0.774. The van der Waals surface area contributed by atoms with E-state index in [1.165, 1.54) is 11.3 Å². The molecule has 0 saturated carbocycles. The molecule has 7 nitrogen and oxygen atoms in total. The van der Waals surface area contributed by atoms with Crippen molar-refractivity contribution < 1.29 is 22.7 Å². The summed E-state index contributed by atoms with van der Waals surface area (Å²) in [6.45, 7) is 1.19. The van der Waals surface area contributed by atoms with E-state index < -0.39 is 33.9 Å². The van der Waals surface area contributed by atoms with Gasteiger partial charge in [-0.2, -0.15) is 0 Å². The highest BCUT2D eigenvalue weighted by Crippen LogP contribution is 2.24. The van der Waals surface area contributed by atoms with E-state index in [1.54, 1.807) is 12.3 Å². The van der Waals surface area contributed by atoms with Gasteiger partial charge >= 0.3 is 5.97 Å². The first kappa shape index (κ1) is 18.5. The number of hydrogen-bond donors (Lipinski definition) is 1. The van der Waals surface area contributed by atoms with Crippen LogP contribution < -0.4 is 5.32 Å². The fourth-order valence-electron chi connectivity index (χ4n) is 2.77. The van der Waals surface area contributed by atoms with E-state index in [0.717, 1.165) is 5.56 Å². The largest absolute Gasteiger partial charge is 0.451 e. The monoisotopic (exact) mass is 394 g/mol. The number of sulfone groups is 1. The lowest BCUT2D eigenvalue weighted by atomic mass is 10.0. The summed E-state index contributed by atoms with van der Waals surface area (Å²) in [5.41, 5.74) is 0.213. The number of amides is 1. The van der Waals surface area contributed by atoms with E-state index in [2.05, 4.69) is 10.3 Å². The maximum absolute atomic E-state index is 12.1. The van der Waals surface area contributed by atoms with Gasteiger partial charge in [0.05, 0.1) is 17.0 Å². The molecule has 3 rings (SSSR count). The zero-order valence-corrected chi connectivity index (χ0v) is 15.7. The van der Waals surface area contributed by atoms with E-state index >= 15 is 0 Å². The molecule has 26 heavy (non-hydrogen) atoms. The van der Waals surface area contributed by atoms with Gasteiger partial charge in [0.1, 0.15) is 5.01 Å². The number of aromatic nitrogens is 1. The minimum Gasteiger partial charge on any atom is -0.451 e. The van der Waals surface area contributed by atoms with Gasteiger partial charge in [-0.1, -0.05) is 30.3 Å². The fourth-order valence-corrected chi connectivity index (χ4v) is 5.66. The molecule has 0 unspecified atom stereocenters. The molecule has 1 aromatic heterocycles. The normalized spacial score (nSPS) is 21.3. The van der Waals surface area contributed by atoms with E-state index in [-0.39, 0.29) is 17.2 Å². The van der Waals surface area contributed by atoms with Gasteiger partial charge in [-0.3, -0.25) is 4.79 Å². The smallest absolute Gasteiger partial charge is 0.358 e. The Hall–Kier alpha value is -2.26. The lowest BCUT2D eigenvalue weighted by molar-refractivity contribution is -0.125. The number of nitrogens with one attached hydrogen (secondary N) is 1. The SMILES string of the molecule is C[C@@]1(NC(=O)COC(=O)c2csc(-c3ccccc3)n2)CCS(=O)(=O)C1. The Morgan fingerprint density at radius 2 is 2.04 bits per heavy atom. The molecular weight excluding hydrogens is 376 g/mol. The molecule has 0 radical (unpaired) electrons. The highest BCUT2D eigenvalue weighted by Gasteiger charge is 2.39. The fraction of sp³-hybridized carbons (Fsp3) is 0.353. The van der Waals surface area contributed by atoms with Crippen LogP contribution in [0.1, 0.15) is 23.8 Å². The predicted octanol–water partition coefficient (Wildman–Crippen LogP) is 1.66. The molecule has 1 atom stereocenters. The summed E-state index contributed by atoms with van der Waals surface area (Å²) >= 11 is 1.31. The van der Waals surface area contributed by atoms with Crippen molar-refractivity contribution in [2.75, 3.05) is 18.1 Å². The molecular formula is C17H18N2O5S2. The number of benzene rings is 1. The number of ether oxygens (including phenoxy) is 1. The van der Waals surface area contributed by atoms with E-state index in [4.69, 9.17) is 4.74 Å². The Bertz CT molecular complexity index is 924. The number of nitrogens with zero attached hydrogens (tertiary/aromatic N) is 1. The van der Waals surface area contributed by atoms with Gasteiger partial charge in [-0.25, -0.2) is 18.2 Å². The molecule has 138 valence electrons. The van der Waals surface area contributed by atoms with Crippen LogP contribution in [0.25, 0.3) is 10.6 Å². The van der Waals surface area contributed by atoms with Crippen LogP contribution in [0.4, 0.5) is 0 Å². The Morgan fingerprint density at radius 3 is 2.69 bits per heavy atom. The third kappa shape index (κ3) is 4.47. The van der Waals surface area contributed by atoms with Crippen molar-refractivity contribution in [3.63, 3.8) is 0 Å². The average molecular weight is 394 g/mol. The second-order valence-corrected chi connectivity index (χ2v) is 9.47. The van der Waals surface area contributed by atoms with Crippen LogP contribution in [-0.4, -0.2) is 48.9 Å². The number of carbonyl (C=O) groups is 2. The molecule has 1 aromatic carbocycles. The number of hydrogen-bond acceptors (Lipinski definition) is 7. The maximum Gasteiger partial charge on any atom is 0.358 e. The highest BCUT2D eigenvalue weighted by atomic mass is 32.2. The van der Waals surface area contributed by atoms with Gasteiger partial charge in [0.15, 0.2) is 22.1 Å². The number of rotatable bonds is 5. The summed E-state index contributed by atoms with van der Waals surface area (Å²) in [6.07, 6.45) is 0.349. The van der Waals surface area contributed by atoms with Gasteiger partial charge in [0.2, 0.25) is 0 Å². The summed E-state index contributed by atoms with van der Waals surface area (Å²) in [5, 5.41) is 4.90. The van der Waals surface area contributed by atoms with Crippen molar-refractivity contribution in [3.8, 4) is 10.6 Å². The molecule has 1 saturated heterocycles. The third-order valence-electron chi connectivity index (χ3n) is 4.01. The number of carbonyl (C=O) groups excluding carboxylic acids is 2. The molecule has 1 N–H and O–H groups in total. The van der Waals surface area contributed by atoms with Crippen LogP contribution >= 0.6 is 11.3 Å². The lowest BCUT2D eigenvalue weighted by Crippen LogP contribution is -2.48. The Morgan fingerprint density at radius 1 is 1.31 bits per heavy atom. The molecule has 1 fully saturated rings. The van der Waals surface area contributed by atoms with Gasteiger partial charge < -0.3 is 10.1 Å². The zero-order valence-electron chi connectivity index (χ0n) is 14.1. The molecule has 0 spiro atoms. The summed E-state index contributed by atoms with van der Waals surface area (Å²) in [5.74, 6) is -1.28. The second kappa shape index (κ2) is 7.16. The van der Waals surface area contributed by atoms with Crippen molar-refractivity contribution in [2.45, 2.75) is 18.9 Å². The minimum absolute atomic E-state index is 0.0463. The summed E-state index contributed by atoms with van der Waals surface area (Å²) in [6, 6.07) is 9.42. The second-order valence-electron chi connectivity index (χ2n) is 6.43. The molecule has 1 amide bonds. The first-order chi connectivity index (χ1) is 12.3. The predicted molar refractivity (Wildman–Crippen MR) is 97.7 cm³/mol. The number of esters is 1. The molecule has 2 heterocycles. The molecule has 1 aliphatic heterocycles. The van der Waals surface area contributed by atoms with Crippen molar-refractivity contribution in [2.24, 2.45) is 0 Å². The van der Waals surface area contributed by atoms with Crippen LogP contribution in [0.15, 0.2) is 35.7 Å². The van der Waals surface area contributed by atoms with Crippen LogP contribution in [0.5, 0.6) is 0 Å².